The van der Waals surface area contributed by atoms with Crippen molar-refractivity contribution < 1.29 is 4.79 Å². The van der Waals surface area contributed by atoms with Crippen LogP contribution in [0.5, 0.6) is 0 Å². The fourth-order valence-corrected chi connectivity index (χ4v) is 2.51. The van der Waals surface area contributed by atoms with Crippen molar-refractivity contribution in [2.75, 3.05) is 0 Å². The molecule has 0 saturated heterocycles. The van der Waals surface area contributed by atoms with Gasteiger partial charge in [-0.3, -0.25) is 4.79 Å². The predicted molar refractivity (Wildman–Crippen MR) is 69.4 cm³/mol. The highest BCUT2D eigenvalue weighted by molar-refractivity contribution is 7.12. The zero-order valence-electron chi connectivity index (χ0n) is 8.87. The SMILES string of the molecule is CCC(=O)c1cc(-c2ccc(Cl)cc2)cs1. The molecule has 0 aliphatic carbocycles. The number of carbonyl (C=O) groups is 1. The van der Waals surface area contributed by atoms with Crippen LogP contribution in [0.3, 0.4) is 0 Å². The molecule has 0 aliphatic rings. The third-order valence-electron chi connectivity index (χ3n) is 2.37. The van der Waals surface area contributed by atoms with Crippen LogP contribution >= 0.6 is 22.9 Å². The number of benzene rings is 1. The van der Waals surface area contributed by atoms with Crippen LogP contribution < -0.4 is 0 Å². The minimum atomic E-state index is 0.199. The van der Waals surface area contributed by atoms with E-state index in [9.17, 15) is 4.79 Å². The summed E-state index contributed by atoms with van der Waals surface area (Å²) in [4.78, 5) is 12.3. The maximum atomic E-state index is 11.5. The van der Waals surface area contributed by atoms with Crippen molar-refractivity contribution in [3.05, 3.63) is 45.6 Å². The van der Waals surface area contributed by atoms with E-state index in [-0.39, 0.29) is 5.78 Å². The Morgan fingerprint density at radius 2 is 1.94 bits per heavy atom. The highest BCUT2D eigenvalue weighted by Gasteiger charge is 2.07. The maximum Gasteiger partial charge on any atom is 0.172 e. The second-order valence-corrected chi connectivity index (χ2v) is 4.83. The molecule has 0 atom stereocenters. The van der Waals surface area contributed by atoms with Crippen LogP contribution in [0.25, 0.3) is 11.1 Å². The third-order valence-corrected chi connectivity index (χ3v) is 3.60. The Morgan fingerprint density at radius 3 is 2.56 bits per heavy atom. The minimum Gasteiger partial charge on any atom is -0.293 e. The van der Waals surface area contributed by atoms with Gasteiger partial charge in [-0.25, -0.2) is 0 Å². The summed E-state index contributed by atoms with van der Waals surface area (Å²) >= 11 is 7.32. The Bertz CT molecular complexity index is 499. The summed E-state index contributed by atoms with van der Waals surface area (Å²) in [6.07, 6.45) is 0.556. The Kier molecular flexibility index (Phi) is 3.42. The smallest absolute Gasteiger partial charge is 0.172 e. The molecule has 1 aromatic heterocycles. The molecule has 2 aromatic rings. The van der Waals surface area contributed by atoms with Gasteiger partial charge in [0.2, 0.25) is 0 Å². The van der Waals surface area contributed by atoms with E-state index in [2.05, 4.69) is 0 Å². The first kappa shape index (κ1) is 11.4. The molecular weight excluding hydrogens is 240 g/mol. The number of rotatable bonds is 3. The molecule has 0 radical (unpaired) electrons. The Morgan fingerprint density at radius 1 is 1.25 bits per heavy atom. The van der Waals surface area contributed by atoms with Crippen molar-refractivity contribution in [2.45, 2.75) is 13.3 Å². The van der Waals surface area contributed by atoms with Gasteiger partial charge in [-0.1, -0.05) is 30.7 Å². The lowest BCUT2D eigenvalue weighted by Gasteiger charge is -1.96. The molecular formula is C13H11ClOS. The van der Waals surface area contributed by atoms with Crippen molar-refractivity contribution in [3.63, 3.8) is 0 Å². The fraction of sp³-hybridized carbons (Fsp3) is 0.154. The van der Waals surface area contributed by atoms with Crippen molar-refractivity contribution in [2.24, 2.45) is 0 Å². The number of hydrogen-bond donors (Lipinski definition) is 0. The zero-order chi connectivity index (χ0) is 11.5. The molecule has 2 rings (SSSR count). The first-order valence-electron chi connectivity index (χ1n) is 5.08. The van der Waals surface area contributed by atoms with E-state index in [1.54, 1.807) is 0 Å². The van der Waals surface area contributed by atoms with Crippen molar-refractivity contribution in [3.8, 4) is 11.1 Å². The van der Waals surface area contributed by atoms with E-state index >= 15 is 0 Å². The molecule has 0 bridgehead atoms. The summed E-state index contributed by atoms with van der Waals surface area (Å²) in [6.45, 7) is 1.88. The number of thiophene rings is 1. The van der Waals surface area contributed by atoms with Gasteiger partial charge < -0.3 is 0 Å². The standard InChI is InChI=1S/C13H11ClOS/c1-2-12(15)13-7-10(8-16-13)9-3-5-11(14)6-4-9/h3-8H,2H2,1H3. The van der Waals surface area contributed by atoms with Gasteiger partial charge in [0, 0.05) is 11.4 Å². The Hall–Kier alpha value is -1.12. The molecule has 0 N–H and O–H groups in total. The second kappa shape index (κ2) is 4.81. The zero-order valence-corrected chi connectivity index (χ0v) is 10.4. The lowest BCUT2D eigenvalue weighted by Crippen LogP contribution is -1.90. The highest BCUT2D eigenvalue weighted by atomic mass is 35.5. The van der Waals surface area contributed by atoms with Crippen LogP contribution in [0.2, 0.25) is 5.02 Å². The monoisotopic (exact) mass is 250 g/mol. The largest absolute Gasteiger partial charge is 0.293 e. The van der Waals surface area contributed by atoms with Crippen molar-refractivity contribution >= 4 is 28.7 Å². The average molecular weight is 251 g/mol. The van der Waals surface area contributed by atoms with Gasteiger partial charge in [-0.05, 0) is 34.7 Å². The molecule has 3 heteroatoms. The van der Waals surface area contributed by atoms with E-state index in [0.717, 1.165) is 21.0 Å². The second-order valence-electron chi connectivity index (χ2n) is 3.48. The number of halogens is 1. The molecule has 1 nitrogen and oxygen atoms in total. The average Bonchev–Trinajstić information content (AvgIpc) is 2.78. The minimum absolute atomic E-state index is 0.199. The summed E-state index contributed by atoms with van der Waals surface area (Å²) in [6, 6.07) is 9.58. The summed E-state index contributed by atoms with van der Waals surface area (Å²) in [5, 5.41) is 2.73. The lowest BCUT2D eigenvalue weighted by atomic mass is 10.1. The van der Waals surface area contributed by atoms with Gasteiger partial charge in [0.25, 0.3) is 0 Å². The fourth-order valence-electron chi connectivity index (χ4n) is 1.45. The third kappa shape index (κ3) is 2.34. The first-order chi connectivity index (χ1) is 7.70. The quantitative estimate of drug-likeness (QED) is 0.724. The number of ketones is 1. The molecule has 16 heavy (non-hydrogen) atoms. The Balaban J connectivity index is 2.31. The van der Waals surface area contributed by atoms with Gasteiger partial charge >= 0.3 is 0 Å². The summed E-state index contributed by atoms with van der Waals surface area (Å²) in [5.41, 5.74) is 2.18. The summed E-state index contributed by atoms with van der Waals surface area (Å²) in [5.74, 6) is 0.199. The van der Waals surface area contributed by atoms with Gasteiger partial charge in [-0.2, -0.15) is 0 Å². The van der Waals surface area contributed by atoms with Gasteiger partial charge in [-0.15, -0.1) is 11.3 Å². The molecule has 0 saturated carbocycles. The van der Waals surface area contributed by atoms with Crippen LogP contribution in [0.4, 0.5) is 0 Å². The molecule has 0 aliphatic heterocycles. The van der Waals surface area contributed by atoms with Crippen LogP contribution in [-0.2, 0) is 0 Å². The van der Waals surface area contributed by atoms with Crippen LogP contribution in [0.1, 0.15) is 23.0 Å². The molecule has 0 fully saturated rings. The number of Topliss-reactive ketones (excluding diaryl/α,β-unsaturated/α-hetero) is 1. The van der Waals surface area contributed by atoms with Crippen LogP contribution in [0, 0.1) is 0 Å². The maximum absolute atomic E-state index is 11.5. The Labute approximate surface area is 104 Å². The molecule has 1 aromatic carbocycles. The van der Waals surface area contributed by atoms with Gasteiger partial charge in [0.1, 0.15) is 0 Å². The van der Waals surface area contributed by atoms with E-state index in [1.165, 1.54) is 11.3 Å². The topological polar surface area (TPSA) is 17.1 Å². The van der Waals surface area contributed by atoms with Crippen LogP contribution in [0.15, 0.2) is 35.7 Å². The highest BCUT2D eigenvalue weighted by Crippen LogP contribution is 2.27. The predicted octanol–water partition coefficient (Wildman–Crippen LogP) is 4.66. The van der Waals surface area contributed by atoms with E-state index in [0.29, 0.717) is 6.42 Å². The molecule has 0 unspecified atom stereocenters. The van der Waals surface area contributed by atoms with Crippen molar-refractivity contribution in [1.29, 1.82) is 0 Å². The van der Waals surface area contributed by atoms with E-state index in [4.69, 9.17) is 11.6 Å². The van der Waals surface area contributed by atoms with Crippen molar-refractivity contribution in [1.82, 2.24) is 0 Å². The van der Waals surface area contributed by atoms with Crippen LogP contribution in [-0.4, -0.2) is 5.78 Å². The summed E-state index contributed by atoms with van der Waals surface area (Å²) in [7, 11) is 0. The van der Waals surface area contributed by atoms with Gasteiger partial charge in [0.15, 0.2) is 5.78 Å². The summed E-state index contributed by atoms with van der Waals surface area (Å²) < 4.78 is 0. The number of carbonyl (C=O) groups excluding carboxylic acids is 1. The normalized spacial score (nSPS) is 10.4. The van der Waals surface area contributed by atoms with E-state index in [1.807, 2.05) is 42.6 Å². The molecule has 0 spiro atoms. The molecule has 1 heterocycles. The first-order valence-corrected chi connectivity index (χ1v) is 6.34. The van der Waals surface area contributed by atoms with E-state index < -0.39 is 0 Å². The number of hydrogen-bond acceptors (Lipinski definition) is 2. The molecule has 82 valence electrons. The van der Waals surface area contributed by atoms with Gasteiger partial charge in [0.05, 0.1) is 4.88 Å². The lowest BCUT2D eigenvalue weighted by molar-refractivity contribution is 0.0992. The molecule has 0 amide bonds.